The van der Waals surface area contributed by atoms with Crippen LogP contribution in [-0.2, 0) is 35.2 Å². The largest absolute Gasteiger partial charge is 0.449 e. The molecule has 0 aliphatic carbocycles. The summed E-state index contributed by atoms with van der Waals surface area (Å²) in [5.41, 5.74) is -1.43. The summed E-state index contributed by atoms with van der Waals surface area (Å²) in [5, 5.41) is 2.43. The van der Waals surface area contributed by atoms with Gasteiger partial charge in [-0.05, 0) is 44.9 Å². The molecule has 0 fully saturated rings. The summed E-state index contributed by atoms with van der Waals surface area (Å²) in [4.78, 5) is 34.2. The van der Waals surface area contributed by atoms with Gasteiger partial charge in [0.25, 0.3) is 0 Å². The maximum atomic E-state index is 14.4. The van der Waals surface area contributed by atoms with Gasteiger partial charge in [0.05, 0.1) is 17.9 Å². The van der Waals surface area contributed by atoms with Crippen LogP contribution in [0.4, 0.5) is 35.5 Å². The number of pyridine rings is 1. The fourth-order valence-corrected chi connectivity index (χ4v) is 4.55. The first-order valence-corrected chi connectivity index (χ1v) is 12.7. The zero-order chi connectivity index (χ0) is 31.0. The van der Waals surface area contributed by atoms with Crippen LogP contribution in [0.25, 0.3) is 11.3 Å². The van der Waals surface area contributed by atoms with Crippen LogP contribution in [0.3, 0.4) is 0 Å². The van der Waals surface area contributed by atoms with Crippen LogP contribution in [0.15, 0.2) is 30.5 Å². The maximum Gasteiger partial charge on any atom is 0.449 e. The highest BCUT2D eigenvalue weighted by molar-refractivity contribution is 5.78. The van der Waals surface area contributed by atoms with E-state index in [2.05, 4.69) is 15.3 Å². The first-order valence-electron chi connectivity index (χ1n) is 12.7. The number of nitrogens with zero attached hydrogens (tertiary/aromatic N) is 4. The van der Waals surface area contributed by atoms with Crippen molar-refractivity contribution < 1.29 is 45.1 Å². The first kappa shape index (κ1) is 30.8. The Morgan fingerprint density at radius 2 is 1.71 bits per heavy atom. The van der Waals surface area contributed by atoms with E-state index in [0.29, 0.717) is 12.1 Å². The van der Waals surface area contributed by atoms with E-state index in [-0.39, 0.29) is 42.1 Å². The third-order valence-corrected chi connectivity index (χ3v) is 6.31. The molecule has 1 aliphatic rings. The van der Waals surface area contributed by atoms with Crippen LogP contribution >= 0.6 is 0 Å². The molecule has 2 aromatic heterocycles. The highest BCUT2D eigenvalue weighted by Crippen LogP contribution is 2.36. The van der Waals surface area contributed by atoms with Gasteiger partial charge >= 0.3 is 12.3 Å². The quantitative estimate of drug-likeness (QED) is 0.233. The Labute approximate surface area is 235 Å². The molecule has 226 valence electrons. The fraction of sp³-hybridized carbons (Fsp3) is 0.407. The highest BCUT2D eigenvalue weighted by Gasteiger charge is 2.41. The third kappa shape index (κ3) is 7.18. The summed E-state index contributed by atoms with van der Waals surface area (Å²) in [7, 11) is 0. The van der Waals surface area contributed by atoms with Gasteiger partial charge in [-0.1, -0.05) is 0 Å². The molecule has 0 radical (unpaired) electrons. The monoisotopic (exact) mass is 601 g/mol. The van der Waals surface area contributed by atoms with E-state index in [1.54, 1.807) is 20.8 Å². The topological polar surface area (TPSA) is 89.4 Å². The number of alkyl carbamates (subject to hydrolysis) is 1. The maximum absolute atomic E-state index is 14.4. The Hall–Kier alpha value is -4.17. The van der Waals surface area contributed by atoms with Gasteiger partial charge in [-0.15, -0.1) is 0 Å². The predicted octanol–water partition coefficient (Wildman–Crippen LogP) is 5.39. The number of alkyl halides is 3. The Morgan fingerprint density at radius 1 is 1.02 bits per heavy atom. The number of hydrogen-bond acceptors (Lipinski definition) is 5. The van der Waals surface area contributed by atoms with Crippen molar-refractivity contribution in [3.63, 3.8) is 0 Å². The lowest BCUT2D eigenvalue weighted by Crippen LogP contribution is -2.45. The number of hydrogen-bond donors (Lipinski definition) is 1. The molecule has 3 heterocycles. The number of carbonyl (C=O) groups excluding carboxylic acids is 2. The molecule has 1 aromatic carbocycles. The summed E-state index contributed by atoms with van der Waals surface area (Å²) in [6, 6.07) is 1.98. The molecule has 2 amide bonds. The zero-order valence-electron chi connectivity index (χ0n) is 22.7. The van der Waals surface area contributed by atoms with Crippen LogP contribution in [0.1, 0.15) is 44.3 Å². The van der Waals surface area contributed by atoms with E-state index < -0.39 is 71.9 Å². The molecule has 4 rings (SSSR count). The Kier molecular flexibility index (Phi) is 8.51. The van der Waals surface area contributed by atoms with Gasteiger partial charge in [0.15, 0.2) is 11.6 Å². The van der Waals surface area contributed by atoms with Crippen molar-refractivity contribution in [1.82, 2.24) is 24.8 Å². The molecule has 1 atom stereocenters. The van der Waals surface area contributed by atoms with E-state index in [1.165, 1.54) is 11.0 Å². The zero-order valence-corrected chi connectivity index (χ0v) is 22.7. The van der Waals surface area contributed by atoms with Gasteiger partial charge in [-0.3, -0.25) is 4.79 Å². The second-order valence-corrected chi connectivity index (χ2v) is 10.7. The van der Waals surface area contributed by atoms with Crippen molar-refractivity contribution in [2.24, 2.45) is 0 Å². The minimum absolute atomic E-state index is 0.00386. The van der Waals surface area contributed by atoms with Crippen LogP contribution in [-0.4, -0.2) is 49.6 Å². The van der Waals surface area contributed by atoms with E-state index in [4.69, 9.17) is 4.74 Å². The second-order valence-electron chi connectivity index (χ2n) is 10.7. The predicted molar refractivity (Wildman–Crippen MR) is 134 cm³/mol. The number of imidazole rings is 1. The van der Waals surface area contributed by atoms with Crippen LogP contribution < -0.4 is 5.32 Å². The number of amides is 2. The minimum atomic E-state index is -4.83. The molecule has 0 saturated carbocycles. The molecule has 8 nitrogen and oxygen atoms in total. The van der Waals surface area contributed by atoms with E-state index in [0.717, 1.165) is 16.8 Å². The number of rotatable bonds is 6. The molecule has 42 heavy (non-hydrogen) atoms. The fourth-order valence-electron chi connectivity index (χ4n) is 4.55. The molecule has 0 bridgehead atoms. The Bertz CT molecular complexity index is 1500. The average molecular weight is 602 g/mol. The molecule has 0 spiro atoms. The SMILES string of the molecule is CC(C)(C)OC(=O)N[C@@H](CC(=O)N1CCn2c(C(F)(F)F)nc(-c3ccnc(F)c3)c2C1)Cc1cc(F)c(F)cc1F. The molecule has 15 heteroatoms. The number of carbonyl (C=O) groups is 2. The van der Waals surface area contributed by atoms with Gasteiger partial charge in [-0.2, -0.15) is 17.6 Å². The number of halogens is 7. The normalized spacial score (nSPS) is 14.4. The summed E-state index contributed by atoms with van der Waals surface area (Å²) in [6.45, 7) is 3.94. The molecular weight excluding hydrogens is 575 g/mol. The van der Waals surface area contributed by atoms with E-state index in [1.807, 2.05) is 0 Å². The number of fused-ring (bicyclic) bond motifs is 1. The summed E-state index contributed by atoms with van der Waals surface area (Å²) < 4.78 is 103. The number of ether oxygens (including phenoxy) is 1. The van der Waals surface area contributed by atoms with Crippen molar-refractivity contribution >= 4 is 12.0 Å². The smallest absolute Gasteiger partial charge is 0.444 e. The lowest BCUT2D eigenvalue weighted by Gasteiger charge is -2.31. The first-order chi connectivity index (χ1) is 19.5. The standard InChI is InChI=1S/C27H26F7N5O3/c1-26(2,3)42-25(41)36-16(8-15-9-18(29)19(30)12-17(15)28)11-22(40)38-6-7-39-20(13-38)23(37-24(39)27(32,33)34)14-4-5-35-21(31)10-14/h4-5,9-10,12,16H,6-8,11,13H2,1-3H3,(H,36,41)/t16-/m1/s1. The Morgan fingerprint density at radius 3 is 2.36 bits per heavy atom. The van der Waals surface area contributed by atoms with E-state index in [9.17, 15) is 40.3 Å². The average Bonchev–Trinajstić information content (AvgIpc) is 3.25. The molecule has 1 aliphatic heterocycles. The second kappa shape index (κ2) is 11.6. The minimum Gasteiger partial charge on any atom is -0.444 e. The van der Waals surface area contributed by atoms with Crippen molar-refractivity contribution in [1.29, 1.82) is 0 Å². The van der Waals surface area contributed by atoms with Crippen molar-refractivity contribution in [2.75, 3.05) is 6.54 Å². The molecular formula is C27H26F7N5O3. The van der Waals surface area contributed by atoms with Gasteiger partial charge in [-0.25, -0.2) is 27.9 Å². The van der Waals surface area contributed by atoms with Gasteiger partial charge < -0.3 is 19.5 Å². The highest BCUT2D eigenvalue weighted by atomic mass is 19.4. The molecule has 0 unspecified atom stereocenters. The van der Waals surface area contributed by atoms with Crippen molar-refractivity contribution in [2.45, 2.75) is 64.5 Å². The lowest BCUT2D eigenvalue weighted by molar-refractivity contribution is -0.148. The molecule has 0 saturated heterocycles. The molecule has 1 N–H and O–H groups in total. The summed E-state index contributed by atoms with van der Waals surface area (Å²) in [5.74, 6) is -6.65. The van der Waals surface area contributed by atoms with E-state index >= 15 is 0 Å². The number of aromatic nitrogens is 3. The summed E-state index contributed by atoms with van der Waals surface area (Å²) >= 11 is 0. The van der Waals surface area contributed by atoms with Gasteiger partial charge in [0.1, 0.15) is 11.4 Å². The summed E-state index contributed by atoms with van der Waals surface area (Å²) in [6.07, 6.45) is -5.64. The van der Waals surface area contributed by atoms with Crippen LogP contribution in [0.2, 0.25) is 0 Å². The number of nitrogens with one attached hydrogen (secondary N) is 1. The molecule has 3 aromatic rings. The van der Waals surface area contributed by atoms with Crippen molar-refractivity contribution in [3.05, 3.63) is 70.9 Å². The van der Waals surface area contributed by atoms with Crippen molar-refractivity contribution in [3.8, 4) is 11.3 Å². The third-order valence-electron chi connectivity index (χ3n) is 6.31. The van der Waals surface area contributed by atoms with Gasteiger partial charge in [0.2, 0.25) is 17.7 Å². The van der Waals surface area contributed by atoms with Crippen LogP contribution in [0, 0.1) is 23.4 Å². The van der Waals surface area contributed by atoms with Gasteiger partial charge in [0, 0.05) is 49.4 Å². The lowest BCUT2D eigenvalue weighted by atomic mass is 10.0. The van der Waals surface area contributed by atoms with Crippen LogP contribution in [0.5, 0.6) is 0 Å². The Balaban J connectivity index is 1.61. The number of benzene rings is 1.